The van der Waals surface area contributed by atoms with E-state index < -0.39 is 20.0 Å². The van der Waals surface area contributed by atoms with Crippen LogP contribution < -0.4 is 5.32 Å². The van der Waals surface area contributed by atoms with Gasteiger partial charge in [0.05, 0.1) is 39.9 Å². The molecule has 3 N–H and O–H groups in total. The largest absolute Gasteiger partial charge is 0.472 e. The Kier molecular flexibility index (Phi) is 45.8. The van der Waals surface area contributed by atoms with Gasteiger partial charge in [-0.3, -0.25) is 13.8 Å². The summed E-state index contributed by atoms with van der Waals surface area (Å²) >= 11 is 0. The minimum absolute atomic E-state index is 0.0762. The van der Waals surface area contributed by atoms with Crippen LogP contribution in [0.15, 0.2) is 12.2 Å². The maximum atomic E-state index is 13.0. The van der Waals surface area contributed by atoms with Gasteiger partial charge < -0.3 is 19.8 Å². The summed E-state index contributed by atoms with van der Waals surface area (Å²) in [7, 11) is 1.63. The molecule has 0 aliphatic carbocycles. The Morgan fingerprint density at radius 3 is 1.22 bits per heavy atom. The fourth-order valence-electron chi connectivity index (χ4n) is 8.40. The molecular weight excluding hydrogens is 804 g/mol. The van der Waals surface area contributed by atoms with Crippen LogP contribution >= 0.6 is 7.82 Å². The van der Waals surface area contributed by atoms with Crippen LogP contribution in [0.1, 0.15) is 277 Å². The first-order valence-corrected chi connectivity index (χ1v) is 29.0. The highest BCUT2D eigenvalue weighted by atomic mass is 31.2. The molecule has 0 aliphatic heterocycles. The second-order valence-electron chi connectivity index (χ2n) is 20.3. The van der Waals surface area contributed by atoms with Gasteiger partial charge in [0, 0.05) is 6.42 Å². The Bertz CT molecular complexity index is 1040. The van der Waals surface area contributed by atoms with Crippen LogP contribution in [0, 0.1) is 0 Å². The number of phosphoric ester groups is 1. The van der Waals surface area contributed by atoms with Crippen LogP contribution in [0.25, 0.3) is 0 Å². The van der Waals surface area contributed by atoms with E-state index in [1.165, 1.54) is 212 Å². The number of nitrogens with zero attached hydrogens (tertiary/aromatic N) is 1. The molecule has 0 saturated carbocycles. The number of aliphatic hydroxyl groups excluding tert-OH is 1. The third-order valence-corrected chi connectivity index (χ3v) is 13.7. The van der Waals surface area contributed by atoms with Crippen molar-refractivity contribution in [1.29, 1.82) is 0 Å². The van der Waals surface area contributed by atoms with Gasteiger partial charge in [-0.25, -0.2) is 4.57 Å². The molecule has 3 atom stereocenters. The second kappa shape index (κ2) is 46.4. The molecule has 3 unspecified atom stereocenters. The third kappa shape index (κ3) is 49.0. The van der Waals surface area contributed by atoms with E-state index in [1.54, 1.807) is 0 Å². The van der Waals surface area contributed by atoms with Gasteiger partial charge in [0.15, 0.2) is 0 Å². The average molecular weight is 914 g/mol. The summed E-state index contributed by atoms with van der Waals surface area (Å²) in [5.74, 6) is -0.144. The molecule has 0 heterocycles. The van der Waals surface area contributed by atoms with E-state index in [9.17, 15) is 19.4 Å². The smallest absolute Gasteiger partial charge is 0.391 e. The monoisotopic (exact) mass is 914 g/mol. The van der Waals surface area contributed by atoms with Gasteiger partial charge in [-0.15, -0.1) is 0 Å². The molecule has 9 heteroatoms. The van der Waals surface area contributed by atoms with E-state index in [1.807, 2.05) is 21.1 Å². The van der Waals surface area contributed by atoms with Gasteiger partial charge >= 0.3 is 7.82 Å². The molecule has 376 valence electrons. The van der Waals surface area contributed by atoms with Crippen LogP contribution in [0.4, 0.5) is 0 Å². The molecular formula is C54H110N2O6P+. The first-order chi connectivity index (χ1) is 30.5. The Hall–Kier alpha value is -0.760. The van der Waals surface area contributed by atoms with E-state index >= 15 is 0 Å². The highest BCUT2D eigenvalue weighted by Gasteiger charge is 2.28. The molecule has 0 spiro atoms. The van der Waals surface area contributed by atoms with E-state index in [-0.39, 0.29) is 19.1 Å². The number of phosphoric acid groups is 1. The first-order valence-electron chi connectivity index (χ1n) is 27.6. The summed E-state index contributed by atoms with van der Waals surface area (Å²) in [6.07, 6.45) is 55.4. The molecule has 0 saturated heterocycles. The van der Waals surface area contributed by atoms with E-state index in [4.69, 9.17) is 9.05 Å². The summed E-state index contributed by atoms with van der Waals surface area (Å²) in [5, 5.41) is 14.1. The number of allylic oxidation sites excluding steroid dienone is 2. The molecule has 1 amide bonds. The Labute approximate surface area is 392 Å². The topological polar surface area (TPSA) is 105 Å². The van der Waals surface area contributed by atoms with Crippen molar-refractivity contribution in [1.82, 2.24) is 5.32 Å². The molecule has 0 radical (unpaired) electrons. The van der Waals surface area contributed by atoms with Crippen molar-refractivity contribution in [2.75, 3.05) is 40.9 Å². The summed E-state index contributed by atoms with van der Waals surface area (Å²) in [6, 6.07) is -0.760. The number of carbonyl (C=O) groups excluding carboxylic acids is 1. The zero-order chi connectivity index (χ0) is 46.4. The van der Waals surface area contributed by atoms with Gasteiger partial charge in [-0.05, 0) is 38.5 Å². The van der Waals surface area contributed by atoms with Gasteiger partial charge in [-0.1, -0.05) is 244 Å². The second-order valence-corrected chi connectivity index (χ2v) is 21.8. The lowest BCUT2D eigenvalue weighted by Gasteiger charge is -2.26. The van der Waals surface area contributed by atoms with Crippen LogP contribution in [0.5, 0.6) is 0 Å². The molecule has 0 bridgehead atoms. The van der Waals surface area contributed by atoms with Crippen molar-refractivity contribution in [2.45, 2.75) is 289 Å². The fraction of sp³-hybridized carbons (Fsp3) is 0.944. The van der Waals surface area contributed by atoms with Crippen LogP contribution in [0.3, 0.4) is 0 Å². The summed E-state index contributed by atoms with van der Waals surface area (Å²) in [4.78, 5) is 23.3. The molecule has 0 rings (SSSR count). The summed E-state index contributed by atoms with van der Waals surface area (Å²) < 4.78 is 23.8. The van der Waals surface area contributed by atoms with Gasteiger partial charge in [0.1, 0.15) is 13.2 Å². The highest BCUT2D eigenvalue weighted by molar-refractivity contribution is 7.47. The highest BCUT2D eigenvalue weighted by Crippen LogP contribution is 2.43. The third-order valence-electron chi connectivity index (χ3n) is 12.8. The number of quaternary nitrogens is 1. The lowest BCUT2D eigenvalue weighted by Crippen LogP contribution is -2.46. The van der Waals surface area contributed by atoms with E-state index in [0.717, 1.165) is 38.5 Å². The number of likely N-dealkylation sites (N-methyl/N-ethyl adjacent to an activating group) is 1. The first kappa shape index (κ1) is 62.2. The van der Waals surface area contributed by atoms with Crippen molar-refractivity contribution >= 4 is 13.7 Å². The quantitative estimate of drug-likeness (QED) is 0.0243. The van der Waals surface area contributed by atoms with Crippen molar-refractivity contribution in [3.8, 4) is 0 Å². The number of aliphatic hydroxyl groups is 1. The van der Waals surface area contributed by atoms with Gasteiger partial charge in [-0.2, -0.15) is 0 Å². The predicted octanol–water partition coefficient (Wildman–Crippen LogP) is 16.3. The lowest BCUT2D eigenvalue weighted by atomic mass is 10.0. The van der Waals surface area contributed by atoms with Gasteiger partial charge in [0.25, 0.3) is 0 Å². The Morgan fingerprint density at radius 1 is 0.524 bits per heavy atom. The molecule has 0 aromatic heterocycles. The van der Waals surface area contributed by atoms with Crippen LogP contribution in [-0.4, -0.2) is 73.4 Å². The van der Waals surface area contributed by atoms with Crippen molar-refractivity contribution in [3.63, 3.8) is 0 Å². The van der Waals surface area contributed by atoms with Crippen LogP contribution in [0.2, 0.25) is 0 Å². The summed E-state index contributed by atoms with van der Waals surface area (Å²) in [6.45, 7) is 4.92. The summed E-state index contributed by atoms with van der Waals surface area (Å²) in [5.41, 5.74) is 0. The fourth-order valence-corrected chi connectivity index (χ4v) is 9.13. The maximum Gasteiger partial charge on any atom is 0.472 e. The number of nitrogens with one attached hydrogen (secondary N) is 1. The lowest BCUT2D eigenvalue weighted by molar-refractivity contribution is -0.870. The van der Waals surface area contributed by atoms with Gasteiger partial charge in [0.2, 0.25) is 5.91 Å². The molecule has 0 aromatic rings. The Balaban J connectivity index is 4.19. The maximum absolute atomic E-state index is 13.0. The molecule has 0 fully saturated rings. The van der Waals surface area contributed by atoms with Crippen LogP contribution in [-0.2, 0) is 18.4 Å². The zero-order valence-electron chi connectivity index (χ0n) is 42.8. The molecule has 0 aromatic carbocycles. The predicted molar refractivity (Wildman–Crippen MR) is 272 cm³/mol. The number of rotatable bonds is 51. The van der Waals surface area contributed by atoms with E-state index in [0.29, 0.717) is 23.9 Å². The average Bonchev–Trinajstić information content (AvgIpc) is 3.24. The number of hydrogen-bond acceptors (Lipinski definition) is 5. The number of hydrogen-bond donors (Lipinski definition) is 3. The normalized spacial score (nSPS) is 14.1. The molecule has 63 heavy (non-hydrogen) atoms. The number of carbonyl (C=O) groups is 1. The number of unbranched alkanes of at least 4 members (excludes halogenated alkanes) is 36. The minimum atomic E-state index is -4.32. The minimum Gasteiger partial charge on any atom is -0.391 e. The molecule has 8 nitrogen and oxygen atoms in total. The Morgan fingerprint density at radius 2 is 0.857 bits per heavy atom. The standard InChI is InChI=1S/C54H109N2O6P/c1-6-8-10-12-14-16-18-20-22-24-26-27-28-30-31-33-35-37-39-41-43-45-47-53(57)52(51-62-63(59,60)61-50-49-56(3,4)5)55-54(58)48-46-44-42-40-38-36-34-32-29-25-23-21-19-17-15-13-11-9-7-2/h25,29,52-53,57H,6-24,26-28,30-51H2,1-5H3,(H-,55,58,59,60)/p+1/b29-25-. The SMILES string of the molecule is CCCCCCCCCC/C=C\CCCCCCCCCC(=O)NC(COP(=O)(O)OCC[N+](C)(C)C)C(O)CCCCCCCCCCCCCCCCCCCCCCCC. The zero-order valence-corrected chi connectivity index (χ0v) is 43.7. The van der Waals surface area contributed by atoms with E-state index in [2.05, 4.69) is 31.3 Å². The van der Waals surface area contributed by atoms with Crippen molar-refractivity contribution in [3.05, 3.63) is 12.2 Å². The number of amides is 1. The molecule has 0 aliphatic rings. The van der Waals surface area contributed by atoms with Crippen molar-refractivity contribution < 1.29 is 32.9 Å². The van der Waals surface area contributed by atoms with Crippen molar-refractivity contribution in [2.24, 2.45) is 0 Å².